The van der Waals surface area contributed by atoms with Crippen LogP contribution >= 0.6 is 0 Å². The number of aromatic nitrogens is 1. The molecular weight excluding hydrogens is 282 g/mol. The van der Waals surface area contributed by atoms with E-state index in [-0.39, 0.29) is 5.56 Å². The SMILES string of the molecule is Cc1ccc(-c2cccc(=O)n2Cc2cc(C)cc(C)c2)cc1. The Hall–Kier alpha value is -2.61. The van der Waals surface area contributed by atoms with E-state index >= 15 is 0 Å². The molecule has 0 radical (unpaired) electrons. The van der Waals surface area contributed by atoms with E-state index in [2.05, 4.69) is 63.2 Å². The van der Waals surface area contributed by atoms with Gasteiger partial charge in [0.25, 0.3) is 5.56 Å². The molecule has 0 fully saturated rings. The summed E-state index contributed by atoms with van der Waals surface area (Å²) in [5.41, 5.74) is 6.87. The molecule has 0 bridgehead atoms. The van der Waals surface area contributed by atoms with Crippen molar-refractivity contribution >= 4 is 0 Å². The molecule has 2 heteroatoms. The van der Waals surface area contributed by atoms with Crippen molar-refractivity contribution in [2.24, 2.45) is 0 Å². The molecule has 2 aromatic carbocycles. The van der Waals surface area contributed by atoms with E-state index in [4.69, 9.17) is 0 Å². The molecule has 0 aliphatic heterocycles. The first-order valence-corrected chi connectivity index (χ1v) is 7.87. The summed E-state index contributed by atoms with van der Waals surface area (Å²) < 4.78 is 1.85. The average molecular weight is 303 g/mol. The first-order valence-electron chi connectivity index (χ1n) is 7.87. The first-order chi connectivity index (χ1) is 11.0. The number of aryl methyl sites for hydroxylation is 3. The predicted octanol–water partition coefficient (Wildman–Crippen LogP) is 4.49. The van der Waals surface area contributed by atoms with Gasteiger partial charge in [-0.2, -0.15) is 0 Å². The Morgan fingerprint density at radius 1 is 0.783 bits per heavy atom. The van der Waals surface area contributed by atoms with Gasteiger partial charge in [0.2, 0.25) is 0 Å². The third-order valence-corrected chi connectivity index (χ3v) is 4.02. The van der Waals surface area contributed by atoms with Gasteiger partial charge in [0.05, 0.1) is 12.2 Å². The maximum absolute atomic E-state index is 12.4. The lowest BCUT2D eigenvalue weighted by Gasteiger charge is -2.14. The molecule has 0 saturated carbocycles. The fraction of sp³-hybridized carbons (Fsp3) is 0.190. The van der Waals surface area contributed by atoms with Crippen molar-refractivity contribution in [2.45, 2.75) is 27.3 Å². The zero-order valence-corrected chi connectivity index (χ0v) is 13.8. The monoisotopic (exact) mass is 303 g/mol. The van der Waals surface area contributed by atoms with Gasteiger partial charge >= 0.3 is 0 Å². The average Bonchev–Trinajstić information content (AvgIpc) is 2.49. The summed E-state index contributed by atoms with van der Waals surface area (Å²) in [7, 11) is 0. The lowest BCUT2D eigenvalue weighted by atomic mass is 10.1. The van der Waals surface area contributed by atoms with E-state index < -0.39 is 0 Å². The van der Waals surface area contributed by atoms with Gasteiger partial charge in [-0.25, -0.2) is 0 Å². The second kappa shape index (κ2) is 6.25. The smallest absolute Gasteiger partial charge is 0.251 e. The van der Waals surface area contributed by atoms with Crippen molar-refractivity contribution in [1.82, 2.24) is 4.57 Å². The van der Waals surface area contributed by atoms with Crippen molar-refractivity contribution in [3.8, 4) is 11.3 Å². The molecule has 23 heavy (non-hydrogen) atoms. The number of pyridine rings is 1. The number of hydrogen-bond donors (Lipinski definition) is 0. The number of rotatable bonds is 3. The van der Waals surface area contributed by atoms with Gasteiger partial charge in [0.1, 0.15) is 0 Å². The Balaban J connectivity index is 2.08. The van der Waals surface area contributed by atoms with Crippen LogP contribution in [0, 0.1) is 20.8 Å². The zero-order valence-electron chi connectivity index (χ0n) is 13.8. The Kier molecular flexibility index (Phi) is 4.16. The molecule has 0 aliphatic carbocycles. The minimum Gasteiger partial charge on any atom is -0.304 e. The van der Waals surface area contributed by atoms with Crippen molar-refractivity contribution in [2.75, 3.05) is 0 Å². The van der Waals surface area contributed by atoms with Crippen LogP contribution in [-0.2, 0) is 6.54 Å². The predicted molar refractivity (Wildman–Crippen MR) is 95.9 cm³/mol. The quantitative estimate of drug-likeness (QED) is 0.699. The molecule has 0 aliphatic rings. The molecule has 1 heterocycles. The van der Waals surface area contributed by atoms with Crippen LogP contribution in [0.5, 0.6) is 0 Å². The zero-order chi connectivity index (χ0) is 16.4. The molecule has 116 valence electrons. The van der Waals surface area contributed by atoms with Crippen LogP contribution < -0.4 is 5.56 Å². The van der Waals surface area contributed by atoms with Gasteiger partial charge in [0.15, 0.2) is 0 Å². The van der Waals surface area contributed by atoms with E-state index in [9.17, 15) is 4.79 Å². The van der Waals surface area contributed by atoms with Crippen molar-refractivity contribution in [1.29, 1.82) is 0 Å². The van der Waals surface area contributed by atoms with Crippen LogP contribution in [0.3, 0.4) is 0 Å². The summed E-state index contributed by atoms with van der Waals surface area (Å²) in [6.07, 6.45) is 0. The van der Waals surface area contributed by atoms with Crippen LogP contribution in [0.2, 0.25) is 0 Å². The fourth-order valence-electron chi connectivity index (χ4n) is 3.00. The Morgan fingerprint density at radius 3 is 2.09 bits per heavy atom. The minimum absolute atomic E-state index is 0.0298. The van der Waals surface area contributed by atoms with Crippen LogP contribution in [-0.4, -0.2) is 4.57 Å². The number of nitrogens with zero attached hydrogens (tertiary/aromatic N) is 1. The minimum atomic E-state index is 0.0298. The fourth-order valence-corrected chi connectivity index (χ4v) is 3.00. The van der Waals surface area contributed by atoms with Crippen molar-refractivity contribution in [3.05, 3.63) is 93.3 Å². The maximum Gasteiger partial charge on any atom is 0.251 e. The summed E-state index contributed by atoms with van der Waals surface area (Å²) in [6, 6.07) is 20.2. The summed E-state index contributed by atoms with van der Waals surface area (Å²) in [4.78, 5) is 12.4. The van der Waals surface area contributed by atoms with Crippen molar-refractivity contribution < 1.29 is 0 Å². The van der Waals surface area contributed by atoms with E-state index in [1.807, 2.05) is 16.7 Å². The molecule has 0 spiro atoms. The Labute approximate surface area is 137 Å². The molecule has 3 aromatic rings. The van der Waals surface area contributed by atoms with Crippen LogP contribution in [0.15, 0.2) is 65.5 Å². The van der Waals surface area contributed by atoms with E-state index in [0.717, 1.165) is 16.8 Å². The summed E-state index contributed by atoms with van der Waals surface area (Å²) in [5, 5.41) is 0. The van der Waals surface area contributed by atoms with Crippen molar-refractivity contribution in [3.63, 3.8) is 0 Å². The molecular formula is C21H21NO. The van der Waals surface area contributed by atoms with Gasteiger partial charge < -0.3 is 4.57 Å². The molecule has 0 N–H and O–H groups in total. The highest BCUT2D eigenvalue weighted by Crippen LogP contribution is 2.20. The summed E-state index contributed by atoms with van der Waals surface area (Å²) >= 11 is 0. The Morgan fingerprint density at radius 2 is 1.43 bits per heavy atom. The van der Waals surface area contributed by atoms with E-state index in [1.54, 1.807) is 6.07 Å². The molecule has 0 unspecified atom stereocenters. The molecule has 1 aromatic heterocycles. The maximum atomic E-state index is 12.4. The van der Waals surface area contributed by atoms with Gasteiger partial charge in [-0.05, 0) is 38.0 Å². The van der Waals surface area contributed by atoms with E-state index in [0.29, 0.717) is 6.54 Å². The second-order valence-electron chi connectivity index (χ2n) is 6.20. The number of benzene rings is 2. The molecule has 0 saturated heterocycles. The third-order valence-electron chi connectivity index (χ3n) is 4.02. The second-order valence-corrected chi connectivity index (χ2v) is 6.20. The third kappa shape index (κ3) is 3.42. The highest BCUT2D eigenvalue weighted by Gasteiger charge is 2.07. The first kappa shape index (κ1) is 15.3. The van der Waals surface area contributed by atoms with Crippen LogP contribution in [0.25, 0.3) is 11.3 Å². The topological polar surface area (TPSA) is 22.0 Å². The largest absolute Gasteiger partial charge is 0.304 e. The van der Waals surface area contributed by atoms with Gasteiger partial charge in [-0.15, -0.1) is 0 Å². The summed E-state index contributed by atoms with van der Waals surface area (Å²) in [5.74, 6) is 0. The van der Waals surface area contributed by atoms with Gasteiger partial charge in [0, 0.05) is 6.07 Å². The highest BCUT2D eigenvalue weighted by atomic mass is 16.1. The lowest BCUT2D eigenvalue weighted by Crippen LogP contribution is -2.21. The molecule has 3 rings (SSSR count). The lowest BCUT2D eigenvalue weighted by molar-refractivity contribution is 0.767. The number of hydrogen-bond acceptors (Lipinski definition) is 1. The normalized spacial score (nSPS) is 10.7. The van der Waals surface area contributed by atoms with E-state index in [1.165, 1.54) is 16.7 Å². The molecule has 0 atom stereocenters. The van der Waals surface area contributed by atoms with Crippen LogP contribution in [0.4, 0.5) is 0 Å². The summed E-state index contributed by atoms with van der Waals surface area (Å²) in [6.45, 7) is 6.83. The van der Waals surface area contributed by atoms with Gasteiger partial charge in [-0.1, -0.05) is 65.2 Å². The molecule has 0 amide bonds. The Bertz CT molecular complexity index is 868. The standard InChI is InChI=1S/C21H21NO/c1-15-7-9-19(10-8-15)20-5-4-6-21(23)22(20)14-18-12-16(2)11-17(3)13-18/h4-13H,14H2,1-3H3. The van der Waals surface area contributed by atoms with Crippen LogP contribution in [0.1, 0.15) is 22.3 Å². The highest BCUT2D eigenvalue weighted by molar-refractivity contribution is 5.60. The molecule has 2 nitrogen and oxygen atoms in total. The van der Waals surface area contributed by atoms with Gasteiger partial charge in [-0.3, -0.25) is 4.79 Å².